The van der Waals surface area contributed by atoms with Gasteiger partial charge in [0, 0.05) is 196 Å². The summed E-state index contributed by atoms with van der Waals surface area (Å²) >= 11 is 0. The first-order chi connectivity index (χ1) is 4.00. The van der Waals surface area contributed by atoms with Crippen LogP contribution in [-0.4, -0.2) is 0 Å². The standard InChI is InChI=1S/2C5H11.6Y/c2*1-5(2,3)4;;;;;;/h2*1H2,2-4H3;;;;;;/q2*-1;;;;;;. The molecule has 0 bridgehead atoms. The predicted octanol–water partition coefficient (Wildman–Crippen LogP) is 3.72. The van der Waals surface area contributed by atoms with E-state index in [4.69, 9.17) is 0 Å². The molecule has 0 atom stereocenters. The van der Waals surface area contributed by atoms with Gasteiger partial charge < -0.3 is 13.8 Å². The summed E-state index contributed by atoms with van der Waals surface area (Å²) in [6.45, 7) is 20.0. The van der Waals surface area contributed by atoms with E-state index in [2.05, 4.69) is 55.4 Å². The third-order valence-electron chi connectivity index (χ3n) is 0. The second-order valence-electron chi connectivity index (χ2n) is 5.12. The first kappa shape index (κ1) is 49.5. The van der Waals surface area contributed by atoms with Crippen molar-refractivity contribution in [3.05, 3.63) is 13.8 Å². The van der Waals surface area contributed by atoms with Crippen LogP contribution in [-0.2, 0) is 196 Å². The average Bonchev–Trinajstić information content (AvgIpc) is 1.12. The van der Waals surface area contributed by atoms with E-state index in [-0.39, 0.29) is 207 Å². The molecule has 0 amide bonds. The zero-order valence-electron chi connectivity index (χ0n) is 11.9. The zero-order chi connectivity index (χ0) is 9.00. The van der Waals surface area contributed by atoms with E-state index in [0.717, 1.165) is 0 Å². The fourth-order valence-corrected chi connectivity index (χ4v) is 0. The SMILES string of the molecule is [CH2-]C(C)(C)C.[CH2-]C(C)(C)C.[Y].[Y].[Y].[Y].[Y].[Y]. The van der Waals surface area contributed by atoms with Crippen molar-refractivity contribution < 1.29 is 196 Å². The summed E-state index contributed by atoms with van der Waals surface area (Å²) in [5, 5.41) is 0. The minimum Gasteiger partial charge on any atom is -0.338 e. The van der Waals surface area contributed by atoms with Crippen LogP contribution in [0.25, 0.3) is 0 Å². The molecule has 0 nitrogen and oxygen atoms in total. The van der Waals surface area contributed by atoms with Gasteiger partial charge in [-0.25, -0.2) is 0 Å². The minimum atomic E-state index is 0. The molecule has 0 heterocycles. The fourth-order valence-electron chi connectivity index (χ4n) is 0. The van der Waals surface area contributed by atoms with Gasteiger partial charge >= 0.3 is 0 Å². The van der Waals surface area contributed by atoms with Crippen molar-refractivity contribution >= 4 is 0 Å². The van der Waals surface area contributed by atoms with Crippen LogP contribution in [0.1, 0.15) is 41.5 Å². The Bertz CT molecular complexity index is 58.3. The summed E-state index contributed by atoms with van der Waals surface area (Å²) in [5.41, 5.74) is 0.500. The van der Waals surface area contributed by atoms with E-state index in [1.165, 1.54) is 0 Å². The molecule has 6 heteroatoms. The number of hydrogen-bond acceptors (Lipinski definition) is 0. The van der Waals surface area contributed by atoms with Crippen LogP contribution in [0.3, 0.4) is 0 Å². The van der Waals surface area contributed by atoms with Crippen molar-refractivity contribution in [1.29, 1.82) is 0 Å². The molecule has 0 rings (SSSR count). The van der Waals surface area contributed by atoms with E-state index in [1.54, 1.807) is 0 Å². The Kier molecular flexibility index (Phi) is 82.0. The van der Waals surface area contributed by atoms with Gasteiger partial charge in [-0.15, -0.1) is 0 Å². The van der Waals surface area contributed by atoms with Crippen molar-refractivity contribution in [1.82, 2.24) is 0 Å². The molecule has 0 aromatic heterocycles. The van der Waals surface area contributed by atoms with Gasteiger partial charge in [0.1, 0.15) is 0 Å². The van der Waals surface area contributed by atoms with Gasteiger partial charge in [0.15, 0.2) is 0 Å². The smallest absolute Gasteiger partial charge is 0 e. The Balaban J connectivity index is -0.00000000970. The van der Waals surface area contributed by atoms with Crippen LogP contribution in [0.4, 0.5) is 0 Å². The molecule has 0 saturated heterocycles. The molecule has 6 radical (unpaired) electrons. The normalized spacial score (nSPS) is 7.50. The van der Waals surface area contributed by atoms with Crippen molar-refractivity contribution in [3.8, 4) is 0 Å². The minimum absolute atomic E-state index is 0. The van der Waals surface area contributed by atoms with Crippen LogP contribution in [0.15, 0.2) is 0 Å². The van der Waals surface area contributed by atoms with Crippen molar-refractivity contribution in [2.75, 3.05) is 0 Å². The second kappa shape index (κ2) is 26.5. The largest absolute Gasteiger partial charge is 0.338 e. The molecule has 0 spiro atoms. The van der Waals surface area contributed by atoms with Crippen molar-refractivity contribution in [2.24, 2.45) is 10.8 Å². The zero-order valence-corrected chi connectivity index (χ0v) is 28.9. The number of rotatable bonds is 0. The maximum absolute atomic E-state index is 3.77. The molecule has 0 aliphatic rings. The average molecular weight is 676 g/mol. The third-order valence-corrected chi connectivity index (χ3v) is 0. The van der Waals surface area contributed by atoms with E-state index in [0.29, 0.717) is 0 Å². The van der Waals surface area contributed by atoms with Crippen LogP contribution < -0.4 is 0 Å². The first-order valence-electron chi connectivity index (χ1n) is 3.71. The quantitative estimate of drug-likeness (QED) is 0.344. The van der Waals surface area contributed by atoms with E-state index in [9.17, 15) is 0 Å². The monoisotopic (exact) mass is 676 g/mol. The van der Waals surface area contributed by atoms with Crippen molar-refractivity contribution in [3.63, 3.8) is 0 Å². The summed E-state index contributed by atoms with van der Waals surface area (Å²) in [4.78, 5) is 0. The Morgan fingerprint density at radius 2 is 0.438 bits per heavy atom. The van der Waals surface area contributed by atoms with Crippen LogP contribution in [0.2, 0.25) is 0 Å². The molecule has 82 valence electrons. The molecule has 0 aliphatic carbocycles. The summed E-state index contributed by atoms with van der Waals surface area (Å²) in [6.07, 6.45) is 0. The second-order valence-corrected chi connectivity index (χ2v) is 5.12. The summed E-state index contributed by atoms with van der Waals surface area (Å²) < 4.78 is 0. The van der Waals surface area contributed by atoms with E-state index >= 15 is 0 Å². The fraction of sp³-hybridized carbons (Fsp3) is 0.800. The molecule has 0 aliphatic heterocycles. The molecule has 0 unspecified atom stereocenters. The predicted molar refractivity (Wildman–Crippen MR) is 49.6 cm³/mol. The Labute approximate surface area is 255 Å². The molecule has 16 heavy (non-hydrogen) atoms. The van der Waals surface area contributed by atoms with Crippen molar-refractivity contribution in [2.45, 2.75) is 41.5 Å². The van der Waals surface area contributed by atoms with Gasteiger partial charge in [0.05, 0.1) is 0 Å². The Morgan fingerprint density at radius 3 is 0.438 bits per heavy atom. The van der Waals surface area contributed by atoms with E-state index < -0.39 is 0 Å². The molecular weight excluding hydrogens is 654 g/mol. The van der Waals surface area contributed by atoms with Crippen LogP contribution >= 0.6 is 0 Å². The Morgan fingerprint density at radius 1 is 0.438 bits per heavy atom. The maximum Gasteiger partial charge on any atom is 0 e. The third kappa shape index (κ3) is 181. The van der Waals surface area contributed by atoms with Crippen LogP contribution in [0, 0.1) is 24.7 Å². The summed E-state index contributed by atoms with van der Waals surface area (Å²) in [5.74, 6) is 0. The van der Waals surface area contributed by atoms with Gasteiger partial charge in [-0.05, 0) is 0 Å². The molecule has 0 aromatic rings. The van der Waals surface area contributed by atoms with Gasteiger partial charge in [0.25, 0.3) is 0 Å². The summed E-state index contributed by atoms with van der Waals surface area (Å²) in [7, 11) is 0. The van der Waals surface area contributed by atoms with Gasteiger partial charge in [0.2, 0.25) is 0 Å². The topological polar surface area (TPSA) is 0 Å². The molecular formula is C10H22Y6-2. The van der Waals surface area contributed by atoms with E-state index in [1.807, 2.05) is 0 Å². The van der Waals surface area contributed by atoms with Crippen LogP contribution in [0.5, 0.6) is 0 Å². The number of hydrogen-bond donors (Lipinski definition) is 0. The molecule has 0 aromatic carbocycles. The molecule has 0 saturated carbocycles. The van der Waals surface area contributed by atoms with Gasteiger partial charge in [-0.2, -0.15) is 10.8 Å². The maximum atomic E-state index is 3.77. The molecule has 0 fully saturated rings. The first-order valence-corrected chi connectivity index (χ1v) is 3.71. The molecule has 0 N–H and O–H groups in total. The summed E-state index contributed by atoms with van der Waals surface area (Å²) in [6, 6.07) is 0. The Hall–Kier alpha value is 6.62. The van der Waals surface area contributed by atoms with Gasteiger partial charge in [-0.1, -0.05) is 41.5 Å². The van der Waals surface area contributed by atoms with Gasteiger partial charge in [-0.3, -0.25) is 0 Å².